The van der Waals surface area contributed by atoms with Gasteiger partial charge in [0.05, 0.1) is 17.6 Å². The third-order valence-electron chi connectivity index (χ3n) is 8.43. The van der Waals surface area contributed by atoms with Crippen molar-refractivity contribution in [3.05, 3.63) is 12.2 Å². The van der Waals surface area contributed by atoms with Crippen LogP contribution in [0.4, 0.5) is 0 Å². The zero-order chi connectivity index (χ0) is 17.7. The van der Waals surface area contributed by atoms with E-state index in [9.17, 15) is 19.8 Å². The van der Waals surface area contributed by atoms with Gasteiger partial charge in [-0.25, -0.2) is 0 Å². The van der Waals surface area contributed by atoms with Gasteiger partial charge in [-0.2, -0.15) is 0 Å². The number of hydrogen-bond donors (Lipinski definition) is 2. The topological polar surface area (TPSA) is 74.6 Å². The molecule has 7 atom stereocenters. The summed E-state index contributed by atoms with van der Waals surface area (Å²) in [5.41, 5.74) is -1.29. The minimum atomic E-state index is -1.10. The van der Waals surface area contributed by atoms with Crippen LogP contribution in [0.25, 0.3) is 0 Å². The summed E-state index contributed by atoms with van der Waals surface area (Å²) >= 11 is 0. The first-order valence-electron chi connectivity index (χ1n) is 9.22. The van der Waals surface area contributed by atoms with Gasteiger partial charge < -0.3 is 10.2 Å². The Morgan fingerprint density at radius 1 is 1.08 bits per heavy atom. The molecule has 0 aromatic carbocycles. The Bertz CT molecular complexity index is 650. The highest BCUT2D eigenvalue weighted by molar-refractivity contribution is 6.04. The van der Waals surface area contributed by atoms with E-state index in [1.54, 1.807) is 0 Å². The van der Waals surface area contributed by atoms with Crippen LogP contribution in [-0.2, 0) is 9.59 Å². The van der Waals surface area contributed by atoms with E-state index in [0.717, 1.165) is 19.3 Å². The Balaban J connectivity index is 1.88. The molecule has 4 saturated carbocycles. The molecular formula is C20H28O4. The molecule has 0 saturated heterocycles. The molecule has 0 heterocycles. The number of fused-ring (bicyclic) bond motifs is 3. The normalized spacial score (nSPS) is 52.9. The molecule has 2 N–H and O–H groups in total. The maximum atomic E-state index is 13.1. The zero-order valence-corrected chi connectivity index (χ0v) is 14.8. The van der Waals surface area contributed by atoms with Gasteiger partial charge in [0.25, 0.3) is 0 Å². The van der Waals surface area contributed by atoms with Gasteiger partial charge >= 0.3 is 0 Å². The van der Waals surface area contributed by atoms with Crippen molar-refractivity contribution in [3.63, 3.8) is 0 Å². The lowest BCUT2D eigenvalue weighted by atomic mass is 9.39. The minimum Gasteiger partial charge on any atom is -0.392 e. The molecule has 2 bridgehead atoms. The van der Waals surface area contributed by atoms with E-state index in [1.165, 1.54) is 0 Å². The van der Waals surface area contributed by atoms with E-state index in [-0.39, 0.29) is 34.7 Å². The molecular weight excluding hydrogens is 304 g/mol. The molecule has 4 heteroatoms. The van der Waals surface area contributed by atoms with Gasteiger partial charge in [-0.3, -0.25) is 9.59 Å². The molecule has 4 aliphatic rings. The van der Waals surface area contributed by atoms with Crippen LogP contribution < -0.4 is 0 Å². The standard InChI is InChI=1S/C20H28O4/c1-10-11-5-6-12-19(4)8-7-14(21)18(2,3)13(19)9-15(22)20(12,16(10)23)17(11)24/h11-13,15,17,22,24H,1,5-9H2,2-4H3/t11-,12-,13+,15+,17+,19-,20-/m0/s1. The number of hydrogen-bond acceptors (Lipinski definition) is 4. The Hall–Kier alpha value is -1.00. The summed E-state index contributed by atoms with van der Waals surface area (Å²) in [5, 5.41) is 22.1. The summed E-state index contributed by atoms with van der Waals surface area (Å²) in [7, 11) is 0. The van der Waals surface area contributed by atoms with Crippen LogP contribution in [0.2, 0.25) is 0 Å². The molecule has 0 aliphatic heterocycles. The average Bonchev–Trinajstić information content (AvgIpc) is 2.64. The SMILES string of the molecule is C=C1C(=O)[C@@]23[C@H](O)C[C@@H]4C(C)(C)C(=O)CC[C@@]4(C)[C@@H]2CC[C@@H]1[C@H]3O. The van der Waals surface area contributed by atoms with E-state index in [2.05, 4.69) is 13.5 Å². The van der Waals surface area contributed by atoms with Crippen LogP contribution in [0.5, 0.6) is 0 Å². The number of aliphatic hydroxyl groups is 2. The summed E-state index contributed by atoms with van der Waals surface area (Å²) in [4.78, 5) is 25.6. The molecule has 0 unspecified atom stereocenters. The molecule has 4 rings (SSSR count). The zero-order valence-electron chi connectivity index (χ0n) is 14.8. The van der Waals surface area contributed by atoms with Crippen molar-refractivity contribution >= 4 is 11.6 Å². The third-order valence-corrected chi connectivity index (χ3v) is 8.43. The highest BCUT2D eigenvalue weighted by Gasteiger charge is 2.74. The molecule has 4 fully saturated rings. The van der Waals surface area contributed by atoms with Crippen molar-refractivity contribution in [1.29, 1.82) is 0 Å². The van der Waals surface area contributed by atoms with Crippen molar-refractivity contribution in [2.75, 3.05) is 0 Å². The summed E-state index contributed by atoms with van der Waals surface area (Å²) in [6, 6.07) is 0. The van der Waals surface area contributed by atoms with Crippen LogP contribution in [0.15, 0.2) is 12.2 Å². The van der Waals surface area contributed by atoms with Crippen LogP contribution in [0, 0.1) is 34.0 Å². The lowest BCUT2D eigenvalue weighted by Gasteiger charge is -2.64. The van der Waals surface area contributed by atoms with Crippen molar-refractivity contribution in [1.82, 2.24) is 0 Å². The van der Waals surface area contributed by atoms with E-state index in [0.29, 0.717) is 18.4 Å². The fourth-order valence-corrected chi connectivity index (χ4v) is 7.14. The number of carbonyl (C=O) groups is 2. The first kappa shape index (κ1) is 16.5. The van der Waals surface area contributed by atoms with Gasteiger partial charge in [0.2, 0.25) is 0 Å². The highest BCUT2D eigenvalue weighted by Crippen LogP contribution is 2.70. The van der Waals surface area contributed by atoms with E-state index in [4.69, 9.17) is 0 Å². The lowest BCUT2D eigenvalue weighted by Crippen LogP contribution is -2.67. The summed E-state index contributed by atoms with van der Waals surface area (Å²) < 4.78 is 0. The molecule has 0 amide bonds. The van der Waals surface area contributed by atoms with Gasteiger partial charge in [-0.15, -0.1) is 0 Å². The van der Waals surface area contributed by atoms with E-state index >= 15 is 0 Å². The Kier molecular flexibility index (Phi) is 3.15. The van der Waals surface area contributed by atoms with Crippen LogP contribution in [-0.4, -0.2) is 34.0 Å². The van der Waals surface area contributed by atoms with Crippen LogP contribution in [0.1, 0.15) is 52.9 Å². The average molecular weight is 332 g/mol. The highest BCUT2D eigenvalue weighted by atomic mass is 16.3. The predicted octanol–water partition coefficient (Wildman–Crippen LogP) is 2.28. The lowest BCUT2D eigenvalue weighted by molar-refractivity contribution is -0.222. The summed E-state index contributed by atoms with van der Waals surface area (Å²) in [5.74, 6) is -0.109. The first-order chi connectivity index (χ1) is 11.1. The van der Waals surface area contributed by atoms with Crippen molar-refractivity contribution in [3.8, 4) is 0 Å². The Morgan fingerprint density at radius 2 is 1.75 bits per heavy atom. The quantitative estimate of drug-likeness (QED) is 0.667. The minimum absolute atomic E-state index is 0.0438. The molecule has 4 aliphatic carbocycles. The number of carbonyl (C=O) groups excluding carboxylic acids is 2. The molecule has 132 valence electrons. The molecule has 0 aromatic rings. The molecule has 1 spiro atoms. The maximum Gasteiger partial charge on any atom is 0.170 e. The number of Topliss-reactive ketones (excluding diaryl/α,β-unsaturated/α-hetero) is 2. The maximum absolute atomic E-state index is 13.1. The fraction of sp³-hybridized carbons (Fsp3) is 0.800. The van der Waals surface area contributed by atoms with E-state index in [1.807, 2.05) is 13.8 Å². The fourth-order valence-electron chi connectivity index (χ4n) is 7.14. The number of aliphatic hydroxyl groups excluding tert-OH is 2. The molecule has 0 aromatic heterocycles. The summed E-state index contributed by atoms with van der Waals surface area (Å²) in [6.45, 7) is 10.1. The second-order valence-corrected chi connectivity index (χ2v) is 9.42. The van der Waals surface area contributed by atoms with Crippen molar-refractivity contribution < 1.29 is 19.8 Å². The Morgan fingerprint density at radius 3 is 2.42 bits per heavy atom. The van der Waals surface area contributed by atoms with Crippen LogP contribution >= 0.6 is 0 Å². The van der Waals surface area contributed by atoms with Gasteiger partial charge in [0.15, 0.2) is 5.78 Å². The Labute approximate surface area is 143 Å². The first-order valence-corrected chi connectivity index (χ1v) is 9.22. The second-order valence-electron chi connectivity index (χ2n) is 9.42. The second kappa shape index (κ2) is 4.59. The number of ketones is 2. The predicted molar refractivity (Wildman–Crippen MR) is 89.0 cm³/mol. The monoisotopic (exact) mass is 332 g/mol. The molecule has 0 radical (unpaired) electrons. The number of rotatable bonds is 0. The van der Waals surface area contributed by atoms with Crippen molar-refractivity contribution in [2.45, 2.75) is 65.1 Å². The van der Waals surface area contributed by atoms with Gasteiger partial charge in [-0.1, -0.05) is 27.4 Å². The van der Waals surface area contributed by atoms with Crippen LogP contribution in [0.3, 0.4) is 0 Å². The molecule has 24 heavy (non-hydrogen) atoms. The smallest absolute Gasteiger partial charge is 0.170 e. The third kappa shape index (κ3) is 1.53. The molecule has 4 nitrogen and oxygen atoms in total. The van der Waals surface area contributed by atoms with E-state index < -0.39 is 23.0 Å². The summed E-state index contributed by atoms with van der Waals surface area (Å²) in [6.07, 6.45) is 1.53. The largest absolute Gasteiger partial charge is 0.392 e. The van der Waals surface area contributed by atoms with Gasteiger partial charge in [0, 0.05) is 17.8 Å². The van der Waals surface area contributed by atoms with Crippen molar-refractivity contribution in [2.24, 2.45) is 34.0 Å². The van der Waals surface area contributed by atoms with Gasteiger partial charge in [0.1, 0.15) is 5.78 Å². The van der Waals surface area contributed by atoms with Gasteiger partial charge in [-0.05, 0) is 48.5 Å².